The number of amides is 3. The van der Waals surface area contributed by atoms with E-state index in [0.29, 0.717) is 26.2 Å². The molecule has 2 fully saturated rings. The normalized spacial score (nSPS) is 27.9. The molecule has 3 amide bonds. The van der Waals surface area contributed by atoms with Gasteiger partial charge in [-0.2, -0.15) is 0 Å². The number of rotatable bonds is 2. The van der Waals surface area contributed by atoms with E-state index < -0.39 is 0 Å². The summed E-state index contributed by atoms with van der Waals surface area (Å²) in [5, 5.41) is 2.97. The molecule has 0 radical (unpaired) electrons. The molecule has 108 valence electrons. The number of carbonyl (C=O) groups is 2. The summed E-state index contributed by atoms with van der Waals surface area (Å²) >= 11 is 0. The summed E-state index contributed by atoms with van der Waals surface area (Å²) in [6.07, 6.45) is 1.12. The Hall–Kier alpha value is -1.30. The van der Waals surface area contributed by atoms with Crippen LogP contribution in [0.2, 0.25) is 0 Å². The summed E-state index contributed by atoms with van der Waals surface area (Å²) in [4.78, 5) is 26.8. The second kappa shape index (κ2) is 5.77. The van der Waals surface area contributed by atoms with E-state index in [1.807, 2.05) is 11.8 Å². The van der Waals surface area contributed by atoms with Crippen LogP contribution in [-0.4, -0.2) is 66.2 Å². The van der Waals surface area contributed by atoms with Gasteiger partial charge < -0.3 is 19.9 Å². The van der Waals surface area contributed by atoms with Gasteiger partial charge in [0.1, 0.15) is 0 Å². The number of nitrogens with zero attached hydrogens (tertiary/aromatic N) is 2. The van der Waals surface area contributed by atoms with Crippen LogP contribution in [0.4, 0.5) is 4.79 Å². The van der Waals surface area contributed by atoms with Crippen molar-refractivity contribution in [2.45, 2.75) is 45.4 Å². The maximum Gasteiger partial charge on any atom is 0.317 e. The number of nitrogens with one attached hydrogen (secondary N) is 1. The first-order valence-electron chi connectivity index (χ1n) is 6.96. The van der Waals surface area contributed by atoms with Crippen molar-refractivity contribution in [2.75, 3.05) is 26.2 Å². The van der Waals surface area contributed by atoms with Gasteiger partial charge in [0.05, 0.1) is 18.2 Å². The minimum absolute atomic E-state index is 0.0400. The van der Waals surface area contributed by atoms with Gasteiger partial charge in [-0.05, 0) is 13.3 Å². The third-order valence-corrected chi connectivity index (χ3v) is 3.72. The second-order valence-corrected chi connectivity index (χ2v) is 5.45. The third kappa shape index (κ3) is 3.37. The minimum atomic E-state index is -0.0400. The van der Waals surface area contributed by atoms with E-state index in [0.717, 1.165) is 6.42 Å². The maximum absolute atomic E-state index is 12.1. The van der Waals surface area contributed by atoms with Gasteiger partial charge >= 0.3 is 6.03 Å². The molecular weight excluding hydrogens is 246 g/mol. The molecule has 0 bridgehead atoms. The van der Waals surface area contributed by atoms with Crippen LogP contribution in [0.5, 0.6) is 0 Å². The molecule has 19 heavy (non-hydrogen) atoms. The molecule has 2 atom stereocenters. The lowest BCUT2D eigenvalue weighted by Crippen LogP contribution is -2.63. The fourth-order valence-electron chi connectivity index (χ4n) is 2.53. The van der Waals surface area contributed by atoms with Crippen molar-refractivity contribution in [2.24, 2.45) is 0 Å². The maximum atomic E-state index is 12.1. The van der Waals surface area contributed by atoms with E-state index >= 15 is 0 Å². The van der Waals surface area contributed by atoms with Gasteiger partial charge in [0.15, 0.2) is 0 Å². The largest absolute Gasteiger partial charge is 0.372 e. The molecule has 0 saturated carbocycles. The topological polar surface area (TPSA) is 61.9 Å². The molecule has 6 nitrogen and oxygen atoms in total. The number of likely N-dealkylation sites (tertiary alicyclic amines) is 1. The Kier molecular flexibility index (Phi) is 4.29. The predicted molar refractivity (Wildman–Crippen MR) is 70.8 cm³/mol. The van der Waals surface area contributed by atoms with Crippen molar-refractivity contribution >= 4 is 11.9 Å². The van der Waals surface area contributed by atoms with Crippen LogP contribution < -0.4 is 5.32 Å². The van der Waals surface area contributed by atoms with Gasteiger partial charge in [0, 0.05) is 33.1 Å². The lowest BCUT2D eigenvalue weighted by molar-refractivity contribution is -0.133. The summed E-state index contributed by atoms with van der Waals surface area (Å²) in [6.45, 7) is 8.13. The van der Waals surface area contributed by atoms with Crippen LogP contribution in [-0.2, 0) is 9.53 Å². The number of hydrogen-bond acceptors (Lipinski definition) is 3. The monoisotopic (exact) mass is 269 g/mol. The van der Waals surface area contributed by atoms with Gasteiger partial charge in [-0.25, -0.2) is 4.79 Å². The number of urea groups is 1. The standard InChI is InChI=1S/C13H23N3O3/c1-4-12-8-16(5-9(2)19-12)13(18)14-11-6-15(7-11)10(3)17/h9,11-12H,4-8H2,1-3H3,(H,14,18). The quantitative estimate of drug-likeness (QED) is 0.790. The smallest absolute Gasteiger partial charge is 0.317 e. The highest BCUT2D eigenvalue weighted by molar-refractivity contribution is 5.77. The summed E-state index contributed by atoms with van der Waals surface area (Å²) in [6, 6.07) is 0.0522. The molecule has 0 aliphatic carbocycles. The van der Waals surface area contributed by atoms with Crippen molar-refractivity contribution in [1.29, 1.82) is 0 Å². The Balaban J connectivity index is 1.78. The second-order valence-electron chi connectivity index (χ2n) is 5.45. The Bertz CT molecular complexity index is 355. The van der Waals surface area contributed by atoms with E-state index in [4.69, 9.17) is 4.74 Å². The fraction of sp³-hybridized carbons (Fsp3) is 0.846. The average Bonchev–Trinajstić information content (AvgIpc) is 2.31. The van der Waals surface area contributed by atoms with Crippen LogP contribution in [0.15, 0.2) is 0 Å². The zero-order chi connectivity index (χ0) is 14.0. The van der Waals surface area contributed by atoms with Gasteiger partial charge in [-0.3, -0.25) is 4.79 Å². The van der Waals surface area contributed by atoms with Gasteiger partial charge in [0.25, 0.3) is 0 Å². The zero-order valence-corrected chi connectivity index (χ0v) is 11.9. The Morgan fingerprint density at radius 3 is 2.47 bits per heavy atom. The highest BCUT2D eigenvalue weighted by Crippen LogP contribution is 2.14. The van der Waals surface area contributed by atoms with Crippen molar-refractivity contribution in [3.05, 3.63) is 0 Å². The van der Waals surface area contributed by atoms with Crippen LogP contribution >= 0.6 is 0 Å². The Morgan fingerprint density at radius 2 is 1.89 bits per heavy atom. The zero-order valence-electron chi connectivity index (χ0n) is 11.9. The predicted octanol–water partition coefficient (Wildman–Crippen LogP) is 0.426. The van der Waals surface area contributed by atoms with Crippen molar-refractivity contribution in [3.63, 3.8) is 0 Å². The molecule has 2 aliphatic heterocycles. The van der Waals surface area contributed by atoms with E-state index in [-0.39, 0.29) is 30.2 Å². The molecule has 0 aromatic rings. The number of ether oxygens (including phenoxy) is 1. The average molecular weight is 269 g/mol. The summed E-state index contributed by atoms with van der Waals surface area (Å²) < 4.78 is 5.74. The molecule has 0 aromatic carbocycles. The van der Waals surface area contributed by atoms with Crippen LogP contribution in [0, 0.1) is 0 Å². The molecule has 1 N–H and O–H groups in total. The summed E-state index contributed by atoms with van der Waals surface area (Å²) in [5.41, 5.74) is 0. The molecule has 2 saturated heterocycles. The van der Waals surface area contributed by atoms with E-state index in [9.17, 15) is 9.59 Å². The highest BCUT2D eigenvalue weighted by atomic mass is 16.5. The lowest BCUT2D eigenvalue weighted by atomic mass is 10.1. The summed E-state index contributed by atoms with van der Waals surface area (Å²) in [7, 11) is 0. The van der Waals surface area contributed by atoms with Crippen LogP contribution in [0.25, 0.3) is 0 Å². The SMILES string of the molecule is CCC1CN(C(=O)NC2CN(C(C)=O)C2)CC(C)O1. The number of morpholine rings is 1. The Labute approximate surface area is 114 Å². The first-order chi connectivity index (χ1) is 8.99. The lowest BCUT2D eigenvalue weighted by Gasteiger charge is -2.41. The highest BCUT2D eigenvalue weighted by Gasteiger charge is 2.33. The molecule has 2 heterocycles. The van der Waals surface area contributed by atoms with E-state index in [1.165, 1.54) is 0 Å². The molecule has 6 heteroatoms. The van der Waals surface area contributed by atoms with Crippen LogP contribution in [0.1, 0.15) is 27.2 Å². The van der Waals surface area contributed by atoms with Gasteiger partial charge in [0.2, 0.25) is 5.91 Å². The minimum Gasteiger partial charge on any atom is -0.372 e. The third-order valence-electron chi connectivity index (χ3n) is 3.72. The number of carbonyl (C=O) groups excluding carboxylic acids is 2. The van der Waals surface area contributed by atoms with Crippen LogP contribution in [0.3, 0.4) is 0 Å². The molecular formula is C13H23N3O3. The van der Waals surface area contributed by atoms with Crippen molar-refractivity contribution in [3.8, 4) is 0 Å². The molecule has 2 rings (SSSR count). The van der Waals surface area contributed by atoms with Crippen molar-refractivity contribution < 1.29 is 14.3 Å². The first kappa shape index (κ1) is 14.1. The summed E-state index contributed by atoms with van der Waals surface area (Å²) in [5.74, 6) is 0.0662. The van der Waals surface area contributed by atoms with Crippen molar-refractivity contribution in [1.82, 2.24) is 15.1 Å². The first-order valence-corrected chi connectivity index (χ1v) is 6.96. The Morgan fingerprint density at radius 1 is 1.21 bits per heavy atom. The van der Waals surface area contributed by atoms with E-state index in [1.54, 1.807) is 11.8 Å². The molecule has 2 aliphatic rings. The van der Waals surface area contributed by atoms with E-state index in [2.05, 4.69) is 12.2 Å². The number of hydrogen-bond donors (Lipinski definition) is 1. The van der Waals surface area contributed by atoms with Gasteiger partial charge in [-0.1, -0.05) is 6.92 Å². The molecule has 2 unspecified atom stereocenters. The molecule has 0 aromatic heterocycles. The fourth-order valence-corrected chi connectivity index (χ4v) is 2.53. The van der Waals surface area contributed by atoms with Gasteiger partial charge in [-0.15, -0.1) is 0 Å². The molecule has 0 spiro atoms.